The molecule has 2 aliphatic rings. The number of amides is 1. The molecule has 0 aromatic carbocycles. The summed E-state index contributed by atoms with van der Waals surface area (Å²) in [6.07, 6.45) is 6.55. The summed E-state index contributed by atoms with van der Waals surface area (Å²) in [6, 6.07) is 2.02. The Morgan fingerprint density at radius 3 is 2.78 bits per heavy atom. The molecule has 1 aliphatic heterocycles. The van der Waals surface area contributed by atoms with Crippen molar-refractivity contribution < 1.29 is 4.79 Å². The van der Waals surface area contributed by atoms with Gasteiger partial charge in [0.25, 0.3) is 5.91 Å². The molecule has 5 heteroatoms. The standard InChI is InChI=1S/C13H20N4O/c18-13(12-3-6-14-16-12)15-11-4-7-17(8-5-11)9-10-1-2-10/h3,6,10-11H,1-2,4-5,7-9H2,(H,14,16)(H,15,18). The Morgan fingerprint density at radius 2 is 2.17 bits per heavy atom. The van der Waals surface area contributed by atoms with Crippen molar-refractivity contribution in [3.05, 3.63) is 18.0 Å². The molecule has 2 fully saturated rings. The third-order valence-corrected chi connectivity index (χ3v) is 3.88. The van der Waals surface area contributed by atoms with Crippen LogP contribution < -0.4 is 5.32 Å². The van der Waals surface area contributed by atoms with E-state index in [0.29, 0.717) is 11.7 Å². The van der Waals surface area contributed by atoms with Crippen molar-refractivity contribution in [3.8, 4) is 0 Å². The molecule has 1 aromatic heterocycles. The highest BCUT2D eigenvalue weighted by Crippen LogP contribution is 2.30. The predicted molar refractivity (Wildman–Crippen MR) is 68.2 cm³/mol. The molecule has 1 saturated carbocycles. The van der Waals surface area contributed by atoms with Crippen LogP contribution in [0, 0.1) is 5.92 Å². The third kappa shape index (κ3) is 2.90. The van der Waals surface area contributed by atoms with Gasteiger partial charge < -0.3 is 10.2 Å². The number of likely N-dealkylation sites (tertiary alicyclic amines) is 1. The van der Waals surface area contributed by atoms with Crippen molar-refractivity contribution >= 4 is 5.91 Å². The molecular weight excluding hydrogens is 228 g/mol. The maximum absolute atomic E-state index is 11.8. The number of carbonyl (C=O) groups excluding carboxylic acids is 1. The lowest BCUT2D eigenvalue weighted by Gasteiger charge is -2.32. The van der Waals surface area contributed by atoms with E-state index in [-0.39, 0.29) is 5.91 Å². The minimum absolute atomic E-state index is 0.0341. The van der Waals surface area contributed by atoms with Crippen molar-refractivity contribution in [2.24, 2.45) is 5.92 Å². The zero-order chi connectivity index (χ0) is 12.4. The summed E-state index contributed by atoms with van der Waals surface area (Å²) >= 11 is 0. The highest BCUT2D eigenvalue weighted by molar-refractivity contribution is 5.92. The van der Waals surface area contributed by atoms with Crippen LogP contribution in [-0.4, -0.2) is 46.7 Å². The van der Waals surface area contributed by atoms with Crippen LogP contribution in [0.4, 0.5) is 0 Å². The molecule has 1 amide bonds. The second-order valence-electron chi connectivity index (χ2n) is 5.46. The molecule has 0 spiro atoms. The monoisotopic (exact) mass is 248 g/mol. The van der Waals surface area contributed by atoms with E-state index in [1.165, 1.54) is 19.4 Å². The molecule has 2 heterocycles. The SMILES string of the molecule is O=C(NC1CCN(CC2CC2)CC1)c1ccn[nH]1. The fraction of sp³-hybridized carbons (Fsp3) is 0.692. The summed E-state index contributed by atoms with van der Waals surface area (Å²) in [4.78, 5) is 14.4. The molecule has 0 atom stereocenters. The number of aromatic nitrogens is 2. The molecule has 3 rings (SSSR count). The van der Waals surface area contributed by atoms with Crippen LogP contribution in [0.5, 0.6) is 0 Å². The average Bonchev–Trinajstić information content (AvgIpc) is 3.02. The number of aromatic amines is 1. The summed E-state index contributed by atoms with van der Waals surface area (Å²) in [5.41, 5.74) is 0.551. The zero-order valence-electron chi connectivity index (χ0n) is 10.6. The third-order valence-electron chi connectivity index (χ3n) is 3.88. The Hall–Kier alpha value is -1.36. The second-order valence-corrected chi connectivity index (χ2v) is 5.46. The van der Waals surface area contributed by atoms with Crippen molar-refractivity contribution in [3.63, 3.8) is 0 Å². The Bertz CT molecular complexity index is 391. The van der Waals surface area contributed by atoms with E-state index >= 15 is 0 Å². The molecule has 18 heavy (non-hydrogen) atoms. The molecule has 0 bridgehead atoms. The molecule has 98 valence electrons. The van der Waals surface area contributed by atoms with Crippen molar-refractivity contribution in [2.75, 3.05) is 19.6 Å². The number of nitrogens with one attached hydrogen (secondary N) is 2. The zero-order valence-corrected chi connectivity index (χ0v) is 10.6. The van der Waals surface area contributed by atoms with Crippen LogP contribution in [-0.2, 0) is 0 Å². The Balaban J connectivity index is 1.43. The Kier molecular flexibility index (Phi) is 3.32. The summed E-state index contributed by atoms with van der Waals surface area (Å²) in [6.45, 7) is 3.50. The number of piperidine rings is 1. The van der Waals surface area contributed by atoms with E-state index in [1.54, 1.807) is 12.3 Å². The van der Waals surface area contributed by atoms with Crippen molar-refractivity contribution in [1.82, 2.24) is 20.4 Å². The maximum atomic E-state index is 11.8. The lowest BCUT2D eigenvalue weighted by Crippen LogP contribution is -2.45. The number of hydrogen-bond donors (Lipinski definition) is 2. The van der Waals surface area contributed by atoms with Gasteiger partial charge in [-0.2, -0.15) is 5.10 Å². The minimum Gasteiger partial charge on any atom is -0.348 e. The first-order chi connectivity index (χ1) is 8.81. The van der Waals surface area contributed by atoms with Gasteiger partial charge >= 0.3 is 0 Å². The van der Waals surface area contributed by atoms with Gasteiger partial charge in [0, 0.05) is 31.9 Å². The highest BCUT2D eigenvalue weighted by atomic mass is 16.2. The second kappa shape index (κ2) is 5.10. The van der Waals surface area contributed by atoms with Gasteiger partial charge in [-0.15, -0.1) is 0 Å². The summed E-state index contributed by atoms with van der Waals surface area (Å²) in [7, 11) is 0. The van der Waals surface area contributed by atoms with Crippen LogP contribution in [0.25, 0.3) is 0 Å². The Morgan fingerprint density at radius 1 is 1.39 bits per heavy atom. The topological polar surface area (TPSA) is 61.0 Å². The van der Waals surface area contributed by atoms with Crippen LogP contribution in [0.2, 0.25) is 0 Å². The lowest BCUT2D eigenvalue weighted by atomic mass is 10.0. The fourth-order valence-electron chi connectivity index (χ4n) is 2.57. The molecular formula is C13H20N4O. The number of rotatable bonds is 4. The van der Waals surface area contributed by atoms with Crippen LogP contribution in [0.1, 0.15) is 36.2 Å². The molecule has 0 unspecified atom stereocenters. The van der Waals surface area contributed by atoms with Gasteiger partial charge in [-0.25, -0.2) is 0 Å². The van der Waals surface area contributed by atoms with E-state index < -0.39 is 0 Å². The molecule has 1 aromatic rings. The molecule has 0 radical (unpaired) electrons. The smallest absolute Gasteiger partial charge is 0.269 e. The van der Waals surface area contributed by atoms with Gasteiger partial charge in [0.1, 0.15) is 5.69 Å². The van der Waals surface area contributed by atoms with E-state index in [1.807, 2.05) is 0 Å². The highest BCUT2D eigenvalue weighted by Gasteiger charge is 2.27. The van der Waals surface area contributed by atoms with Gasteiger partial charge in [0.15, 0.2) is 0 Å². The average molecular weight is 248 g/mol. The Labute approximate surface area is 107 Å². The van der Waals surface area contributed by atoms with Gasteiger partial charge in [-0.3, -0.25) is 9.89 Å². The number of nitrogens with zero attached hydrogens (tertiary/aromatic N) is 2. The lowest BCUT2D eigenvalue weighted by molar-refractivity contribution is 0.0904. The number of carbonyl (C=O) groups is 1. The number of H-pyrrole nitrogens is 1. The maximum Gasteiger partial charge on any atom is 0.269 e. The first-order valence-corrected chi connectivity index (χ1v) is 6.84. The van der Waals surface area contributed by atoms with E-state index in [9.17, 15) is 4.79 Å². The number of hydrogen-bond acceptors (Lipinski definition) is 3. The first-order valence-electron chi connectivity index (χ1n) is 6.84. The van der Waals surface area contributed by atoms with Crippen LogP contribution in [0.3, 0.4) is 0 Å². The molecule has 2 N–H and O–H groups in total. The predicted octanol–water partition coefficient (Wildman–Crippen LogP) is 1.01. The van der Waals surface area contributed by atoms with E-state index in [2.05, 4.69) is 20.4 Å². The minimum atomic E-state index is -0.0341. The largest absolute Gasteiger partial charge is 0.348 e. The van der Waals surface area contributed by atoms with Gasteiger partial charge in [0.2, 0.25) is 0 Å². The molecule has 1 aliphatic carbocycles. The summed E-state index contributed by atoms with van der Waals surface area (Å²) < 4.78 is 0. The van der Waals surface area contributed by atoms with Gasteiger partial charge in [0.05, 0.1) is 0 Å². The fourth-order valence-corrected chi connectivity index (χ4v) is 2.57. The van der Waals surface area contributed by atoms with Crippen molar-refractivity contribution in [2.45, 2.75) is 31.7 Å². The molecule has 1 saturated heterocycles. The molecule has 5 nitrogen and oxygen atoms in total. The normalized spacial score (nSPS) is 22.0. The van der Waals surface area contributed by atoms with Crippen LogP contribution in [0.15, 0.2) is 12.3 Å². The van der Waals surface area contributed by atoms with Gasteiger partial charge in [-0.1, -0.05) is 0 Å². The summed E-state index contributed by atoms with van der Waals surface area (Å²) in [5.74, 6) is 0.925. The van der Waals surface area contributed by atoms with Crippen LogP contribution >= 0.6 is 0 Å². The summed E-state index contributed by atoms with van der Waals surface area (Å²) in [5, 5.41) is 9.57. The first kappa shape index (κ1) is 11.7. The van der Waals surface area contributed by atoms with E-state index in [0.717, 1.165) is 31.8 Å². The quantitative estimate of drug-likeness (QED) is 0.836. The van der Waals surface area contributed by atoms with Crippen molar-refractivity contribution in [1.29, 1.82) is 0 Å². The van der Waals surface area contributed by atoms with E-state index in [4.69, 9.17) is 0 Å². The van der Waals surface area contributed by atoms with Gasteiger partial charge in [-0.05, 0) is 37.7 Å².